The van der Waals surface area contributed by atoms with E-state index in [1.54, 1.807) is 0 Å². The number of anilines is 1. The van der Waals surface area contributed by atoms with Crippen LogP contribution in [0.3, 0.4) is 0 Å². The number of nitrogens with zero attached hydrogens (tertiary/aromatic N) is 2. The minimum Gasteiger partial charge on any atom is -0.323 e. The van der Waals surface area contributed by atoms with Crippen LogP contribution in [0, 0.1) is 20.8 Å². The van der Waals surface area contributed by atoms with Crippen molar-refractivity contribution in [1.29, 1.82) is 0 Å². The number of carbonyl (C=O) groups excluding carboxylic acids is 1. The average Bonchev–Trinajstić information content (AvgIpc) is 2.85. The van der Waals surface area contributed by atoms with Gasteiger partial charge in [-0.1, -0.05) is 60.2 Å². The van der Waals surface area contributed by atoms with Crippen LogP contribution in [-0.4, -0.2) is 15.7 Å². The van der Waals surface area contributed by atoms with Crippen LogP contribution in [0.25, 0.3) is 0 Å². The molecule has 0 spiro atoms. The summed E-state index contributed by atoms with van der Waals surface area (Å²) in [5, 5.41) is 7.61. The molecule has 0 fully saturated rings. The average molecular weight is 333 g/mol. The summed E-state index contributed by atoms with van der Waals surface area (Å²) in [5.41, 5.74) is 6.06. The lowest BCUT2D eigenvalue weighted by Gasteiger charge is -2.08. The van der Waals surface area contributed by atoms with Crippen LogP contribution >= 0.6 is 0 Å². The van der Waals surface area contributed by atoms with E-state index in [1.807, 2.05) is 48.9 Å². The van der Waals surface area contributed by atoms with E-state index >= 15 is 0 Å². The molecule has 1 aromatic heterocycles. The van der Waals surface area contributed by atoms with Gasteiger partial charge in [-0.3, -0.25) is 9.48 Å². The number of aromatic nitrogens is 2. The predicted molar refractivity (Wildman–Crippen MR) is 101 cm³/mol. The molecule has 2 aromatic carbocycles. The van der Waals surface area contributed by atoms with E-state index in [0.29, 0.717) is 13.0 Å². The first-order valence-electron chi connectivity index (χ1n) is 8.46. The highest BCUT2D eigenvalue weighted by Crippen LogP contribution is 2.21. The summed E-state index contributed by atoms with van der Waals surface area (Å²) in [6.45, 7) is 6.69. The van der Waals surface area contributed by atoms with Crippen molar-refractivity contribution in [2.24, 2.45) is 0 Å². The van der Waals surface area contributed by atoms with Gasteiger partial charge < -0.3 is 5.32 Å². The molecule has 3 aromatic rings. The number of hydrogen-bond donors (Lipinski definition) is 1. The molecule has 1 N–H and O–H groups in total. The van der Waals surface area contributed by atoms with Gasteiger partial charge in [-0.05, 0) is 31.9 Å². The summed E-state index contributed by atoms with van der Waals surface area (Å²) < 4.78 is 1.94. The number of rotatable bonds is 5. The molecular formula is C21H23N3O. The van der Waals surface area contributed by atoms with Crippen molar-refractivity contribution >= 4 is 11.6 Å². The topological polar surface area (TPSA) is 46.9 Å². The predicted octanol–water partition coefficient (Wildman–Crippen LogP) is 4.04. The molecule has 1 amide bonds. The second-order valence-electron chi connectivity index (χ2n) is 6.40. The molecule has 0 saturated heterocycles. The third kappa shape index (κ3) is 4.15. The Hall–Kier alpha value is -2.88. The van der Waals surface area contributed by atoms with Crippen molar-refractivity contribution in [2.45, 2.75) is 33.7 Å². The summed E-state index contributed by atoms with van der Waals surface area (Å²) in [6.07, 6.45) is 0.364. The van der Waals surface area contributed by atoms with Gasteiger partial charge in [0, 0.05) is 0 Å². The SMILES string of the molecule is Cc1ccc(Cn2nc(C)c(NC(=O)Cc3ccccc3)c2C)cc1. The van der Waals surface area contributed by atoms with Gasteiger partial charge >= 0.3 is 0 Å². The quantitative estimate of drug-likeness (QED) is 0.766. The Morgan fingerprint density at radius 1 is 0.960 bits per heavy atom. The zero-order valence-corrected chi connectivity index (χ0v) is 14.9. The summed E-state index contributed by atoms with van der Waals surface area (Å²) in [7, 11) is 0. The molecule has 0 aliphatic carbocycles. The minimum absolute atomic E-state index is 0.0210. The summed E-state index contributed by atoms with van der Waals surface area (Å²) >= 11 is 0. The van der Waals surface area contributed by atoms with E-state index in [1.165, 1.54) is 11.1 Å². The molecule has 0 unspecified atom stereocenters. The molecule has 0 bridgehead atoms. The molecule has 0 saturated carbocycles. The van der Waals surface area contributed by atoms with E-state index in [9.17, 15) is 4.79 Å². The maximum atomic E-state index is 12.3. The lowest BCUT2D eigenvalue weighted by atomic mass is 10.1. The summed E-state index contributed by atoms with van der Waals surface area (Å²) in [4.78, 5) is 12.3. The Balaban J connectivity index is 1.73. The first kappa shape index (κ1) is 17.0. The first-order chi connectivity index (χ1) is 12.0. The van der Waals surface area contributed by atoms with Crippen molar-refractivity contribution in [2.75, 3.05) is 5.32 Å². The summed E-state index contributed by atoms with van der Waals surface area (Å²) in [6, 6.07) is 18.2. The van der Waals surface area contributed by atoms with E-state index in [4.69, 9.17) is 0 Å². The van der Waals surface area contributed by atoms with Crippen molar-refractivity contribution in [1.82, 2.24) is 9.78 Å². The second kappa shape index (κ2) is 7.34. The number of nitrogens with one attached hydrogen (secondary N) is 1. The smallest absolute Gasteiger partial charge is 0.228 e. The van der Waals surface area contributed by atoms with Crippen LogP contribution in [0.15, 0.2) is 54.6 Å². The molecule has 0 aliphatic rings. The van der Waals surface area contributed by atoms with Gasteiger partial charge in [-0.25, -0.2) is 0 Å². The van der Waals surface area contributed by atoms with Crippen molar-refractivity contribution in [3.8, 4) is 0 Å². The van der Waals surface area contributed by atoms with Gasteiger partial charge in [0.1, 0.15) is 0 Å². The molecule has 4 nitrogen and oxygen atoms in total. The minimum atomic E-state index is -0.0210. The Morgan fingerprint density at radius 2 is 1.64 bits per heavy atom. The first-order valence-corrected chi connectivity index (χ1v) is 8.46. The van der Waals surface area contributed by atoms with Gasteiger partial charge in [0.05, 0.1) is 30.0 Å². The zero-order chi connectivity index (χ0) is 17.8. The van der Waals surface area contributed by atoms with Gasteiger partial charge in [0.25, 0.3) is 0 Å². The normalized spacial score (nSPS) is 10.7. The molecule has 25 heavy (non-hydrogen) atoms. The van der Waals surface area contributed by atoms with Gasteiger partial charge in [0.15, 0.2) is 0 Å². The van der Waals surface area contributed by atoms with E-state index in [0.717, 1.165) is 22.6 Å². The van der Waals surface area contributed by atoms with Crippen LogP contribution < -0.4 is 5.32 Å². The molecule has 0 radical (unpaired) electrons. The maximum absolute atomic E-state index is 12.3. The molecular weight excluding hydrogens is 310 g/mol. The monoisotopic (exact) mass is 333 g/mol. The van der Waals surface area contributed by atoms with Gasteiger partial charge in [-0.15, -0.1) is 0 Å². The number of aryl methyl sites for hydroxylation is 2. The molecule has 0 atom stereocenters. The third-order valence-electron chi connectivity index (χ3n) is 4.31. The number of hydrogen-bond acceptors (Lipinski definition) is 2. The Labute approximate surface area is 148 Å². The number of benzene rings is 2. The highest BCUT2D eigenvalue weighted by molar-refractivity contribution is 5.93. The van der Waals surface area contributed by atoms with Gasteiger partial charge in [-0.2, -0.15) is 5.10 Å². The fraction of sp³-hybridized carbons (Fsp3) is 0.238. The molecule has 1 heterocycles. The van der Waals surface area contributed by atoms with Gasteiger partial charge in [0.2, 0.25) is 5.91 Å². The molecule has 128 valence electrons. The van der Waals surface area contributed by atoms with E-state index in [2.05, 4.69) is 41.6 Å². The second-order valence-corrected chi connectivity index (χ2v) is 6.40. The fourth-order valence-corrected chi connectivity index (χ4v) is 2.86. The lowest BCUT2D eigenvalue weighted by molar-refractivity contribution is -0.115. The van der Waals surface area contributed by atoms with Crippen molar-refractivity contribution in [3.63, 3.8) is 0 Å². The van der Waals surface area contributed by atoms with E-state index in [-0.39, 0.29) is 5.91 Å². The molecule has 3 rings (SSSR count). The van der Waals surface area contributed by atoms with Crippen LogP contribution in [0.1, 0.15) is 28.1 Å². The molecule has 4 heteroatoms. The van der Waals surface area contributed by atoms with Crippen LogP contribution in [0.4, 0.5) is 5.69 Å². The van der Waals surface area contributed by atoms with Crippen molar-refractivity contribution < 1.29 is 4.79 Å². The standard InChI is InChI=1S/C21H23N3O/c1-15-9-11-19(12-10-15)14-24-17(3)21(16(2)23-24)22-20(25)13-18-7-5-4-6-8-18/h4-12H,13-14H2,1-3H3,(H,22,25). The lowest BCUT2D eigenvalue weighted by Crippen LogP contribution is -2.15. The maximum Gasteiger partial charge on any atom is 0.228 e. The zero-order valence-electron chi connectivity index (χ0n) is 14.9. The van der Waals surface area contributed by atoms with Crippen LogP contribution in [0.5, 0.6) is 0 Å². The Bertz CT molecular complexity index is 864. The van der Waals surface area contributed by atoms with Crippen molar-refractivity contribution in [3.05, 3.63) is 82.7 Å². The summed E-state index contributed by atoms with van der Waals surface area (Å²) in [5.74, 6) is -0.0210. The fourth-order valence-electron chi connectivity index (χ4n) is 2.86. The highest BCUT2D eigenvalue weighted by Gasteiger charge is 2.14. The van der Waals surface area contributed by atoms with E-state index < -0.39 is 0 Å². The number of amides is 1. The largest absolute Gasteiger partial charge is 0.323 e. The molecule has 0 aliphatic heterocycles. The Kier molecular flexibility index (Phi) is 4.98. The number of carbonyl (C=O) groups is 1. The highest BCUT2D eigenvalue weighted by atomic mass is 16.1. The Morgan fingerprint density at radius 3 is 2.32 bits per heavy atom. The van der Waals surface area contributed by atoms with Crippen LogP contribution in [-0.2, 0) is 17.8 Å². The third-order valence-corrected chi connectivity index (χ3v) is 4.31. The van der Waals surface area contributed by atoms with Crippen LogP contribution in [0.2, 0.25) is 0 Å².